The maximum atomic E-state index is 12.8. The van der Waals surface area contributed by atoms with E-state index >= 15 is 0 Å². The van der Waals surface area contributed by atoms with E-state index in [1.54, 1.807) is 0 Å². The Morgan fingerprint density at radius 1 is 1.30 bits per heavy atom. The van der Waals surface area contributed by atoms with Gasteiger partial charge in [-0.3, -0.25) is 9.59 Å². The number of carbonyl (C=O) groups is 1. The summed E-state index contributed by atoms with van der Waals surface area (Å²) in [6, 6.07) is 2.81. The van der Waals surface area contributed by atoms with Gasteiger partial charge in [-0.2, -0.15) is 4.31 Å². The first-order chi connectivity index (χ1) is 12.9. The fourth-order valence-electron chi connectivity index (χ4n) is 3.44. The smallest absolute Gasteiger partial charge is 0.271 e. The minimum Gasteiger partial charge on any atom is -0.376 e. The van der Waals surface area contributed by atoms with Gasteiger partial charge < -0.3 is 14.6 Å². The van der Waals surface area contributed by atoms with Crippen LogP contribution in [0.4, 0.5) is 0 Å². The van der Waals surface area contributed by atoms with Crippen molar-refractivity contribution in [1.82, 2.24) is 14.2 Å². The Balaban J connectivity index is 1.69. The van der Waals surface area contributed by atoms with Crippen LogP contribution in [0.5, 0.6) is 0 Å². The Morgan fingerprint density at radius 3 is 2.70 bits per heavy atom. The third kappa shape index (κ3) is 4.77. The lowest BCUT2D eigenvalue weighted by molar-refractivity contribution is -0.122. The fraction of sp³-hybridized carbons (Fsp3) is 0.667. The van der Waals surface area contributed by atoms with E-state index in [2.05, 4.69) is 12.2 Å². The number of aromatic nitrogens is 1. The number of nitrogens with one attached hydrogen (secondary N) is 1. The normalized spacial score (nSPS) is 22.0. The van der Waals surface area contributed by atoms with Gasteiger partial charge in [-0.1, -0.05) is 6.92 Å². The van der Waals surface area contributed by atoms with E-state index in [0.29, 0.717) is 32.2 Å². The molecule has 2 saturated heterocycles. The van der Waals surface area contributed by atoms with Crippen LogP contribution in [0.25, 0.3) is 0 Å². The second kappa shape index (κ2) is 8.53. The molecule has 150 valence electrons. The summed E-state index contributed by atoms with van der Waals surface area (Å²) in [4.78, 5) is 24.5. The largest absolute Gasteiger partial charge is 0.376 e. The standard InChI is InChI=1S/C18H27N3O5S/c1-14-6-9-21(10-7-14)27(24,25)16-5-2-8-20(18(16)23)13-17(22)19-12-15-4-3-11-26-15/h2,5,8,14-15H,3-4,6-7,9-13H2,1H3,(H,19,22)/t15-/m0/s1. The van der Waals surface area contributed by atoms with Crippen LogP contribution in [-0.4, -0.2) is 55.5 Å². The first-order valence-corrected chi connectivity index (χ1v) is 10.9. The molecule has 0 radical (unpaired) electrons. The molecule has 1 N–H and O–H groups in total. The van der Waals surface area contributed by atoms with Crippen molar-refractivity contribution < 1.29 is 17.9 Å². The van der Waals surface area contributed by atoms with E-state index in [0.717, 1.165) is 30.3 Å². The van der Waals surface area contributed by atoms with E-state index in [9.17, 15) is 18.0 Å². The van der Waals surface area contributed by atoms with Crippen LogP contribution in [0.3, 0.4) is 0 Å². The molecule has 27 heavy (non-hydrogen) atoms. The Kier molecular flexibility index (Phi) is 6.33. The van der Waals surface area contributed by atoms with E-state index < -0.39 is 15.6 Å². The van der Waals surface area contributed by atoms with Gasteiger partial charge in [-0.15, -0.1) is 0 Å². The molecule has 1 aromatic heterocycles. The SMILES string of the molecule is CC1CCN(S(=O)(=O)c2cccn(CC(=O)NC[C@@H]3CCCO3)c2=O)CC1. The third-order valence-electron chi connectivity index (χ3n) is 5.21. The molecule has 1 aromatic rings. The van der Waals surface area contributed by atoms with E-state index in [-0.39, 0.29) is 23.5 Å². The number of rotatable bonds is 6. The summed E-state index contributed by atoms with van der Waals surface area (Å²) in [7, 11) is -3.85. The van der Waals surface area contributed by atoms with Gasteiger partial charge in [0.05, 0.1) is 6.10 Å². The molecular formula is C18H27N3O5S. The molecule has 2 aliphatic heterocycles. The maximum absolute atomic E-state index is 12.8. The lowest BCUT2D eigenvalue weighted by atomic mass is 10.0. The summed E-state index contributed by atoms with van der Waals surface area (Å²) in [5.41, 5.74) is -0.664. The van der Waals surface area contributed by atoms with Crippen LogP contribution < -0.4 is 10.9 Å². The average molecular weight is 397 g/mol. The van der Waals surface area contributed by atoms with E-state index in [1.165, 1.54) is 22.6 Å². The highest BCUT2D eigenvalue weighted by Crippen LogP contribution is 2.21. The van der Waals surface area contributed by atoms with E-state index in [4.69, 9.17) is 4.74 Å². The van der Waals surface area contributed by atoms with Crippen molar-refractivity contribution in [3.05, 3.63) is 28.7 Å². The van der Waals surface area contributed by atoms with Crippen molar-refractivity contribution in [2.75, 3.05) is 26.2 Å². The fourth-order valence-corrected chi connectivity index (χ4v) is 5.00. The minimum atomic E-state index is -3.85. The lowest BCUT2D eigenvalue weighted by Crippen LogP contribution is -2.42. The predicted octanol–water partition coefficient (Wildman–Crippen LogP) is 0.564. The molecule has 2 aliphatic rings. The van der Waals surface area contributed by atoms with Gasteiger partial charge in [0.25, 0.3) is 5.56 Å². The number of ether oxygens (including phenoxy) is 1. The molecule has 8 nitrogen and oxygen atoms in total. The van der Waals surface area contributed by atoms with Crippen molar-refractivity contribution in [2.45, 2.75) is 50.2 Å². The number of pyridine rings is 1. The molecule has 0 spiro atoms. The second-order valence-electron chi connectivity index (χ2n) is 7.33. The highest BCUT2D eigenvalue weighted by molar-refractivity contribution is 7.89. The van der Waals surface area contributed by atoms with E-state index in [1.807, 2.05) is 0 Å². The van der Waals surface area contributed by atoms with Crippen LogP contribution in [0.1, 0.15) is 32.6 Å². The zero-order valence-corrected chi connectivity index (χ0v) is 16.4. The molecule has 0 aromatic carbocycles. The molecule has 3 rings (SSSR count). The Labute approximate surface area is 159 Å². The van der Waals surface area contributed by atoms with Crippen LogP contribution in [0.15, 0.2) is 28.0 Å². The number of hydrogen-bond donors (Lipinski definition) is 1. The van der Waals surface area contributed by atoms with Crippen molar-refractivity contribution in [3.8, 4) is 0 Å². The highest BCUT2D eigenvalue weighted by Gasteiger charge is 2.30. The Bertz CT molecular complexity index is 822. The summed E-state index contributed by atoms with van der Waals surface area (Å²) in [6.07, 6.45) is 4.90. The first kappa shape index (κ1) is 20.0. The number of nitrogens with zero attached hydrogens (tertiary/aromatic N) is 2. The molecular weight excluding hydrogens is 370 g/mol. The third-order valence-corrected chi connectivity index (χ3v) is 7.12. The zero-order chi connectivity index (χ0) is 19.4. The minimum absolute atomic E-state index is 0.0128. The molecule has 0 aliphatic carbocycles. The number of hydrogen-bond acceptors (Lipinski definition) is 5. The van der Waals surface area contributed by atoms with Crippen molar-refractivity contribution >= 4 is 15.9 Å². The molecule has 0 bridgehead atoms. The summed E-state index contributed by atoms with van der Waals surface area (Å²) < 4.78 is 33.7. The number of carbonyl (C=O) groups excluding carboxylic acids is 1. The second-order valence-corrected chi connectivity index (χ2v) is 9.24. The predicted molar refractivity (Wildman–Crippen MR) is 99.8 cm³/mol. The van der Waals surface area contributed by atoms with Crippen molar-refractivity contribution in [3.63, 3.8) is 0 Å². The number of amides is 1. The summed E-state index contributed by atoms with van der Waals surface area (Å²) >= 11 is 0. The van der Waals surface area contributed by atoms with Gasteiger partial charge in [0.15, 0.2) is 0 Å². The molecule has 1 amide bonds. The molecule has 3 heterocycles. The Hall–Kier alpha value is -1.71. The summed E-state index contributed by atoms with van der Waals surface area (Å²) in [5, 5.41) is 2.74. The number of sulfonamides is 1. The summed E-state index contributed by atoms with van der Waals surface area (Å²) in [6.45, 7) is 3.81. The highest BCUT2D eigenvalue weighted by atomic mass is 32.2. The van der Waals surface area contributed by atoms with Crippen molar-refractivity contribution in [2.24, 2.45) is 5.92 Å². The van der Waals surface area contributed by atoms with Crippen LogP contribution in [-0.2, 0) is 26.1 Å². The van der Waals surface area contributed by atoms with Crippen LogP contribution >= 0.6 is 0 Å². The van der Waals surface area contributed by atoms with Gasteiger partial charge in [0.2, 0.25) is 15.9 Å². The molecule has 0 saturated carbocycles. The lowest BCUT2D eigenvalue weighted by Gasteiger charge is -2.29. The monoisotopic (exact) mass is 397 g/mol. The van der Waals surface area contributed by atoms with Gasteiger partial charge >= 0.3 is 0 Å². The Morgan fingerprint density at radius 2 is 2.04 bits per heavy atom. The molecule has 0 unspecified atom stereocenters. The van der Waals surface area contributed by atoms with Gasteiger partial charge in [-0.25, -0.2) is 8.42 Å². The first-order valence-electron chi connectivity index (χ1n) is 9.46. The molecule has 9 heteroatoms. The zero-order valence-electron chi connectivity index (χ0n) is 15.6. The molecule has 1 atom stereocenters. The van der Waals surface area contributed by atoms with Gasteiger partial charge in [0.1, 0.15) is 11.4 Å². The van der Waals surface area contributed by atoms with Crippen LogP contribution in [0, 0.1) is 5.92 Å². The van der Waals surface area contributed by atoms with Gasteiger partial charge in [-0.05, 0) is 43.7 Å². The van der Waals surface area contributed by atoms with Crippen molar-refractivity contribution in [1.29, 1.82) is 0 Å². The van der Waals surface area contributed by atoms with Gasteiger partial charge in [0, 0.05) is 32.4 Å². The number of piperidine rings is 1. The van der Waals surface area contributed by atoms with Crippen LogP contribution in [0.2, 0.25) is 0 Å². The quantitative estimate of drug-likeness (QED) is 0.757. The maximum Gasteiger partial charge on any atom is 0.271 e. The average Bonchev–Trinajstić information content (AvgIpc) is 3.15. The topological polar surface area (TPSA) is 97.7 Å². The molecule has 2 fully saturated rings. The summed E-state index contributed by atoms with van der Waals surface area (Å²) in [5.74, 6) is 0.144.